The highest BCUT2D eigenvalue weighted by Crippen LogP contribution is 2.26. The van der Waals surface area contributed by atoms with Crippen LogP contribution in [0.25, 0.3) is 0 Å². The van der Waals surface area contributed by atoms with Crippen LogP contribution in [0.1, 0.15) is 103 Å². The second-order valence-electron chi connectivity index (χ2n) is 8.34. The van der Waals surface area contributed by atoms with E-state index in [0.717, 1.165) is 32.1 Å². The van der Waals surface area contributed by atoms with Crippen molar-refractivity contribution in [1.29, 1.82) is 0 Å². The van der Waals surface area contributed by atoms with Crippen LogP contribution in [0.3, 0.4) is 0 Å². The number of aryl methyl sites for hydroxylation is 2. The molecule has 0 saturated heterocycles. The Hall–Kier alpha value is -2.16. The van der Waals surface area contributed by atoms with Gasteiger partial charge in [-0.15, -0.1) is 0 Å². The van der Waals surface area contributed by atoms with Crippen molar-refractivity contribution in [3.8, 4) is 0 Å². The first-order valence-corrected chi connectivity index (χ1v) is 12.7. The average molecular weight is 443 g/mol. The second kappa shape index (κ2) is 18.4. The Morgan fingerprint density at radius 1 is 0.625 bits per heavy atom. The summed E-state index contributed by atoms with van der Waals surface area (Å²) in [5.41, 5.74) is 2.79. The summed E-state index contributed by atoms with van der Waals surface area (Å²) in [7, 11) is 0. The fraction of sp³-hybridized carbons (Fsp3) is 0.586. The number of hydrogen-bond acceptors (Lipinski definition) is 3. The molecule has 0 radical (unpaired) electrons. The molecule has 0 aliphatic carbocycles. The topological polar surface area (TPSA) is 27.7 Å². The van der Waals surface area contributed by atoms with Crippen LogP contribution in [0.2, 0.25) is 0 Å². The number of unbranched alkanes of at least 4 members (excludes halogenated alkanes) is 6. The molecule has 32 heavy (non-hydrogen) atoms. The Morgan fingerprint density at radius 2 is 1.06 bits per heavy atom. The Morgan fingerprint density at radius 3 is 1.53 bits per heavy atom. The monoisotopic (exact) mass is 442 g/mol. The van der Waals surface area contributed by atoms with Gasteiger partial charge in [-0.25, -0.2) is 0 Å². The van der Waals surface area contributed by atoms with Crippen LogP contribution in [0.15, 0.2) is 61.3 Å². The summed E-state index contributed by atoms with van der Waals surface area (Å²) in [6, 6.07) is 8.94. The summed E-state index contributed by atoms with van der Waals surface area (Å²) in [6.45, 7) is 8.39. The van der Waals surface area contributed by atoms with E-state index < -0.39 is 5.97 Å². The highest BCUT2D eigenvalue weighted by molar-refractivity contribution is 5.21. The number of ether oxygens (including phenoxy) is 3. The lowest BCUT2D eigenvalue weighted by atomic mass is 10.0. The van der Waals surface area contributed by atoms with Gasteiger partial charge in [-0.1, -0.05) is 82.7 Å². The summed E-state index contributed by atoms with van der Waals surface area (Å²) in [6.07, 6.45) is 24.2. The molecule has 0 saturated carbocycles. The fourth-order valence-corrected chi connectivity index (χ4v) is 3.31. The second-order valence-corrected chi connectivity index (χ2v) is 8.34. The van der Waals surface area contributed by atoms with E-state index in [1.165, 1.54) is 49.7 Å². The first kappa shape index (κ1) is 27.9. The lowest BCUT2D eigenvalue weighted by Gasteiger charge is -2.30. The maximum Gasteiger partial charge on any atom is 0.415 e. The standard InChI is InChI=1S/C29H46O3/c1-5-8-24-30-29(31-25-9-6-2,32-26-10-7-3)23-17-15-13-11-12-14-16-18-28-21-19-27(4)20-22-28/h8-10,19-22,24-26H,5-7,11-18,23H2,1-4H3. The molecule has 0 amide bonds. The van der Waals surface area contributed by atoms with E-state index in [-0.39, 0.29) is 0 Å². The smallest absolute Gasteiger partial charge is 0.415 e. The Labute approximate surface area is 197 Å². The van der Waals surface area contributed by atoms with Gasteiger partial charge in [0.1, 0.15) is 0 Å². The fourth-order valence-electron chi connectivity index (χ4n) is 3.31. The van der Waals surface area contributed by atoms with Crippen molar-refractivity contribution < 1.29 is 14.2 Å². The number of hydrogen-bond donors (Lipinski definition) is 0. The van der Waals surface area contributed by atoms with Crippen molar-refractivity contribution >= 4 is 0 Å². The van der Waals surface area contributed by atoms with Gasteiger partial charge in [0.05, 0.1) is 25.2 Å². The minimum Gasteiger partial charge on any atom is -0.429 e. The van der Waals surface area contributed by atoms with Crippen molar-refractivity contribution in [3.63, 3.8) is 0 Å². The third-order valence-corrected chi connectivity index (χ3v) is 5.31. The van der Waals surface area contributed by atoms with Crippen LogP contribution in [0.4, 0.5) is 0 Å². The zero-order valence-corrected chi connectivity index (χ0v) is 21.0. The highest BCUT2D eigenvalue weighted by atomic mass is 16.9. The Bertz CT molecular complexity index is 602. The van der Waals surface area contributed by atoms with E-state index in [2.05, 4.69) is 52.0 Å². The molecule has 0 aliphatic heterocycles. The van der Waals surface area contributed by atoms with Gasteiger partial charge in [0.15, 0.2) is 0 Å². The molecule has 0 aliphatic rings. The van der Waals surface area contributed by atoms with Crippen LogP contribution >= 0.6 is 0 Å². The van der Waals surface area contributed by atoms with E-state index in [1.807, 2.05) is 18.2 Å². The van der Waals surface area contributed by atoms with Gasteiger partial charge in [0.2, 0.25) is 0 Å². The van der Waals surface area contributed by atoms with Gasteiger partial charge >= 0.3 is 5.97 Å². The molecule has 1 aromatic rings. The zero-order valence-electron chi connectivity index (χ0n) is 21.0. The van der Waals surface area contributed by atoms with E-state index in [4.69, 9.17) is 14.2 Å². The van der Waals surface area contributed by atoms with E-state index >= 15 is 0 Å². The van der Waals surface area contributed by atoms with Gasteiger partial charge in [0, 0.05) is 0 Å². The predicted octanol–water partition coefficient (Wildman–Crippen LogP) is 9.13. The molecule has 1 aromatic carbocycles. The highest BCUT2D eigenvalue weighted by Gasteiger charge is 2.34. The van der Waals surface area contributed by atoms with Gasteiger partial charge in [-0.05, 0) is 69.2 Å². The number of benzene rings is 1. The van der Waals surface area contributed by atoms with Crippen molar-refractivity contribution in [2.45, 2.75) is 111 Å². The quantitative estimate of drug-likeness (QED) is 0.121. The molecule has 0 unspecified atom stereocenters. The molecule has 0 N–H and O–H groups in total. The lowest BCUT2D eigenvalue weighted by molar-refractivity contribution is -0.321. The Balaban J connectivity index is 2.36. The maximum atomic E-state index is 5.94. The summed E-state index contributed by atoms with van der Waals surface area (Å²) >= 11 is 0. The first-order chi connectivity index (χ1) is 15.7. The molecule has 180 valence electrons. The van der Waals surface area contributed by atoms with Crippen LogP contribution in [-0.4, -0.2) is 5.97 Å². The van der Waals surface area contributed by atoms with Crippen LogP contribution < -0.4 is 0 Å². The molecule has 3 nitrogen and oxygen atoms in total. The minimum absolute atomic E-state index is 0.691. The molecule has 0 spiro atoms. The number of allylic oxidation sites excluding steroid dienone is 3. The molecular formula is C29H46O3. The van der Waals surface area contributed by atoms with Gasteiger partial charge in [-0.3, -0.25) is 0 Å². The van der Waals surface area contributed by atoms with Gasteiger partial charge < -0.3 is 14.2 Å². The SMILES string of the molecule is CCC=COC(CCCCCCCCCc1ccc(C)cc1)(OC=CCC)OC=CCC. The maximum absolute atomic E-state index is 5.94. The van der Waals surface area contributed by atoms with E-state index in [0.29, 0.717) is 6.42 Å². The molecule has 0 atom stereocenters. The molecule has 0 heterocycles. The van der Waals surface area contributed by atoms with Crippen LogP contribution in [0, 0.1) is 6.92 Å². The average Bonchev–Trinajstić information content (AvgIpc) is 2.79. The normalized spacial score (nSPS) is 13.8. The molecule has 0 bridgehead atoms. The number of rotatable bonds is 19. The van der Waals surface area contributed by atoms with Gasteiger partial charge in [0.25, 0.3) is 0 Å². The third kappa shape index (κ3) is 13.3. The van der Waals surface area contributed by atoms with Crippen molar-refractivity contribution in [1.82, 2.24) is 0 Å². The zero-order chi connectivity index (χ0) is 23.3. The van der Waals surface area contributed by atoms with Crippen molar-refractivity contribution in [2.24, 2.45) is 0 Å². The summed E-state index contributed by atoms with van der Waals surface area (Å²) < 4.78 is 17.8. The van der Waals surface area contributed by atoms with Gasteiger partial charge in [-0.2, -0.15) is 0 Å². The third-order valence-electron chi connectivity index (χ3n) is 5.31. The summed E-state index contributed by atoms with van der Waals surface area (Å²) in [5, 5.41) is 0. The van der Waals surface area contributed by atoms with Crippen LogP contribution in [0.5, 0.6) is 0 Å². The molecular weight excluding hydrogens is 396 g/mol. The summed E-state index contributed by atoms with van der Waals surface area (Å²) in [4.78, 5) is 0. The molecule has 0 aromatic heterocycles. The molecule has 1 rings (SSSR count). The van der Waals surface area contributed by atoms with E-state index in [1.54, 1.807) is 18.8 Å². The lowest BCUT2D eigenvalue weighted by Crippen LogP contribution is -2.34. The predicted molar refractivity (Wildman–Crippen MR) is 136 cm³/mol. The largest absolute Gasteiger partial charge is 0.429 e. The van der Waals surface area contributed by atoms with Crippen molar-refractivity contribution in [3.05, 3.63) is 72.4 Å². The van der Waals surface area contributed by atoms with E-state index in [9.17, 15) is 0 Å². The first-order valence-electron chi connectivity index (χ1n) is 12.7. The minimum atomic E-state index is -1.09. The van der Waals surface area contributed by atoms with Crippen LogP contribution in [-0.2, 0) is 20.6 Å². The molecule has 0 fully saturated rings. The molecule has 3 heteroatoms. The summed E-state index contributed by atoms with van der Waals surface area (Å²) in [5.74, 6) is -1.09. The Kier molecular flexibility index (Phi) is 16.0. The van der Waals surface area contributed by atoms with Crippen molar-refractivity contribution in [2.75, 3.05) is 0 Å².